The monoisotopic (exact) mass is 275 g/mol. The number of hydrogen-bond donors (Lipinski definition) is 1. The quantitative estimate of drug-likeness (QED) is 0.896. The molecule has 1 aromatic heterocycles. The van der Waals surface area contributed by atoms with E-state index in [2.05, 4.69) is 4.98 Å². The van der Waals surface area contributed by atoms with Crippen molar-refractivity contribution in [2.75, 3.05) is 0 Å². The molecular formula is C15H17NO2S. The van der Waals surface area contributed by atoms with E-state index >= 15 is 0 Å². The van der Waals surface area contributed by atoms with E-state index in [-0.39, 0.29) is 0 Å². The summed E-state index contributed by atoms with van der Waals surface area (Å²) in [6, 6.07) is 9.84. The largest absolute Gasteiger partial charge is 0.481 e. The minimum Gasteiger partial charge on any atom is -0.481 e. The van der Waals surface area contributed by atoms with Crippen LogP contribution < -0.4 is 0 Å². The molecule has 1 heterocycles. The molecule has 0 saturated heterocycles. The molecule has 4 heteroatoms. The van der Waals surface area contributed by atoms with Gasteiger partial charge in [0.2, 0.25) is 0 Å². The first-order valence-corrected chi connectivity index (χ1v) is 7.19. The van der Waals surface area contributed by atoms with E-state index in [1.54, 1.807) is 0 Å². The molecule has 19 heavy (non-hydrogen) atoms. The van der Waals surface area contributed by atoms with Crippen molar-refractivity contribution in [2.45, 2.75) is 26.2 Å². The maximum atomic E-state index is 11.3. The third kappa shape index (κ3) is 3.41. The van der Waals surface area contributed by atoms with Gasteiger partial charge in [0.05, 0.1) is 11.6 Å². The summed E-state index contributed by atoms with van der Waals surface area (Å²) in [6.45, 7) is 4.06. The van der Waals surface area contributed by atoms with Crippen LogP contribution in [0.4, 0.5) is 0 Å². The first-order chi connectivity index (χ1) is 9.08. The molecule has 2 aromatic rings. The number of nitrogens with zero attached hydrogens (tertiary/aromatic N) is 1. The van der Waals surface area contributed by atoms with Crippen LogP contribution in [-0.2, 0) is 4.79 Å². The highest BCUT2D eigenvalue weighted by atomic mass is 32.1. The Bertz CT molecular complexity index is 548. The molecule has 1 aromatic carbocycles. The highest BCUT2D eigenvalue weighted by molar-refractivity contribution is 7.13. The number of thiazole rings is 1. The van der Waals surface area contributed by atoms with Gasteiger partial charge in [-0.1, -0.05) is 44.2 Å². The van der Waals surface area contributed by atoms with Gasteiger partial charge in [-0.25, -0.2) is 4.98 Å². The molecule has 0 unspecified atom stereocenters. The summed E-state index contributed by atoms with van der Waals surface area (Å²) >= 11 is 1.50. The van der Waals surface area contributed by atoms with Crippen molar-refractivity contribution in [3.05, 3.63) is 41.4 Å². The zero-order valence-corrected chi connectivity index (χ0v) is 11.9. The summed E-state index contributed by atoms with van der Waals surface area (Å²) in [6.07, 6.45) is 0.618. The van der Waals surface area contributed by atoms with E-state index in [0.717, 1.165) is 10.6 Å². The molecule has 3 nitrogen and oxygen atoms in total. The molecule has 0 radical (unpaired) electrons. The number of carboxylic acids is 1. The van der Waals surface area contributed by atoms with Gasteiger partial charge in [0.1, 0.15) is 5.01 Å². The van der Waals surface area contributed by atoms with Crippen LogP contribution in [0.25, 0.3) is 10.6 Å². The van der Waals surface area contributed by atoms with Crippen molar-refractivity contribution in [3.63, 3.8) is 0 Å². The summed E-state index contributed by atoms with van der Waals surface area (Å²) in [5.41, 5.74) is 1.71. The number of benzene rings is 1. The zero-order valence-electron chi connectivity index (χ0n) is 11.0. The van der Waals surface area contributed by atoms with E-state index in [1.807, 2.05) is 49.6 Å². The lowest BCUT2D eigenvalue weighted by Gasteiger charge is -2.11. The predicted molar refractivity (Wildman–Crippen MR) is 77.4 cm³/mol. The molecule has 1 N–H and O–H groups in total. The zero-order chi connectivity index (χ0) is 13.8. The first-order valence-electron chi connectivity index (χ1n) is 6.31. The van der Waals surface area contributed by atoms with Gasteiger partial charge in [-0.3, -0.25) is 4.79 Å². The molecule has 2 rings (SSSR count). The van der Waals surface area contributed by atoms with Gasteiger partial charge in [-0.05, 0) is 12.3 Å². The maximum Gasteiger partial charge on any atom is 0.312 e. The second-order valence-corrected chi connectivity index (χ2v) is 5.82. The molecule has 0 spiro atoms. The summed E-state index contributed by atoms with van der Waals surface area (Å²) in [7, 11) is 0. The van der Waals surface area contributed by atoms with Gasteiger partial charge < -0.3 is 5.11 Å². The number of aromatic nitrogens is 1. The molecule has 100 valence electrons. The second kappa shape index (κ2) is 5.97. The van der Waals surface area contributed by atoms with Gasteiger partial charge in [0.15, 0.2) is 0 Å². The summed E-state index contributed by atoms with van der Waals surface area (Å²) in [5, 5.41) is 12.1. The van der Waals surface area contributed by atoms with E-state index in [0.29, 0.717) is 18.0 Å². The van der Waals surface area contributed by atoms with E-state index in [9.17, 15) is 9.90 Å². The number of hydrogen-bond acceptors (Lipinski definition) is 3. The normalized spacial score (nSPS) is 12.6. The Morgan fingerprint density at radius 2 is 2.00 bits per heavy atom. The molecule has 0 aliphatic heterocycles. The van der Waals surface area contributed by atoms with Crippen LogP contribution in [0.5, 0.6) is 0 Å². The third-order valence-electron chi connectivity index (χ3n) is 2.90. The van der Waals surface area contributed by atoms with Gasteiger partial charge in [0.25, 0.3) is 0 Å². The Morgan fingerprint density at radius 1 is 1.32 bits per heavy atom. The Balaban J connectivity index is 2.26. The Hall–Kier alpha value is -1.68. The van der Waals surface area contributed by atoms with Crippen molar-refractivity contribution < 1.29 is 9.90 Å². The standard InChI is InChI=1S/C15H17NO2S/c1-10(2)8-12(15(17)18)13-9-19-14(16-13)11-6-4-3-5-7-11/h3-7,9-10,12H,8H2,1-2H3,(H,17,18)/t12-/m0/s1. The lowest BCUT2D eigenvalue weighted by molar-refractivity contribution is -0.139. The van der Waals surface area contributed by atoms with Crippen molar-refractivity contribution in [1.82, 2.24) is 4.98 Å². The SMILES string of the molecule is CC(C)C[C@H](C(=O)O)c1csc(-c2ccccc2)n1. The topological polar surface area (TPSA) is 50.2 Å². The smallest absolute Gasteiger partial charge is 0.312 e. The van der Waals surface area contributed by atoms with Gasteiger partial charge in [0, 0.05) is 10.9 Å². The number of carbonyl (C=O) groups is 1. The molecule has 0 saturated carbocycles. The molecule has 1 atom stereocenters. The Kier molecular flexibility index (Phi) is 4.32. The Labute approximate surface area is 116 Å². The predicted octanol–water partition coefficient (Wildman–Crippen LogP) is 4.02. The molecular weight excluding hydrogens is 258 g/mol. The van der Waals surface area contributed by atoms with Crippen LogP contribution in [0.15, 0.2) is 35.7 Å². The molecule has 0 aliphatic rings. The van der Waals surface area contributed by atoms with E-state index in [1.165, 1.54) is 11.3 Å². The highest BCUT2D eigenvalue weighted by Gasteiger charge is 2.23. The van der Waals surface area contributed by atoms with E-state index < -0.39 is 11.9 Å². The summed E-state index contributed by atoms with van der Waals surface area (Å²) in [5.74, 6) is -0.963. The Morgan fingerprint density at radius 3 is 2.58 bits per heavy atom. The lowest BCUT2D eigenvalue weighted by Crippen LogP contribution is -2.14. The fraction of sp³-hybridized carbons (Fsp3) is 0.333. The van der Waals surface area contributed by atoms with Crippen molar-refractivity contribution in [3.8, 4) is 10.6 Å². The van der Waals surface area contributed by atoms with Crippen molar-refractivity contribution in [2.24, 2.45) is 5.92 Å². The minimum absolute atomic E-state index is 0.336. The van der Waals surface area contributed by atoms with Gasteiger partial charge in [-0.15, -0.1) is 11.3 Å². The lowest BCUT2D eigenvalue weighted by atomic mass is 9.95. The maximum absolute atomic E-state index is 11.3. The van der Waals surface area contributed by atoms with Crippen LogP contribution in [0, 0.1) is 5.92 Å². The molecule has 0 amide bonds. The number of rotatable bonds is 5. The fourth-order valence-corrected chi connectivity index (χ4v) is 2.86. The first kappa shape index (κ1) is 13.7. The number of carboxylic acid groups (broad SMARTS) is 1. The number of aliphatic carboxylic acids is 1. The van der Waals surface area contributed by atoms with E-state index in [4.69, 9.17) is 0 Å². The van der Waals surface area contributed by atoms with Crippen molar-refractivity contribution >= 4 is 17.3 Å². The molecule has 0 fully saturated rings. The van der Waals surface area contributed by atoms with Crippen LogP contribution in [-0.4, -0.2) is 16.1 Å². The third-order valence-corrected chi connectivity index (χ3v) is 3.81. The van der Waals surface area contributed by atoms with Crippen LogP contribution >= 0.6 is 11.3 Å². The average molecular weight is 275 g/mol. The van der Waals surface area contributed by atoms with Gasteiger partial charge >= 0.3 is 5.97 Å². The fourth-order valence-electron chi connectivity index (χ4n) is 1.98. The highest BCUT2D eigenvalue weighted by Crippen LogP contribution is 2.30. The van der Waals surface area contributed by atoms with Crippen LogP contribution in [0.2, 0.25) is 0 Å². The minimum atomic E-state index is -0.793. The van der Waals surface area contributed by atoms with Gasteiger partial charge in [-0.2, -0.15) is 0 Å². The second-order valence-electron chi connectivity index (χ2n) is 4.96. The summed E-state index contributed by atoms with van der Waals surface area (Å²) in [4.78, 5) is 15.8. The molecule has 0 aliphatic carbocycles. The molecule has 0 bridgehead atoms. The van der Waals surface area contributed by atoms with Crippen LogP contribution in [0.1, 0.15) is 31.9 Å². The van der Waals surface area contributed by atoms with Crippen LogP contribution in [0.3, 0.4) is 0 Å². The van der Waals surface area contributed by atoms with Crippen molar-refractivity contribution in [1.29, 1.82) is 0 Å². The average Bonchev–Trinajstić information content (AvgIpc) is 2.86. The summed E-state index contributed by atoms with van der Waals surface area (Å²) < 4.78 is 0.